The van der Waals surface area contributed by atoms with Crippen molar-refractivity contribution in [3.8, 4) is 11.1 Å². The number of carbonyl (C=O) groups excluding carboxylic acids is 1. The topological polar surface area (TPSA) is 22.0 Å². The molecule has 2 heteroatoms. The minimum atomic E-state index is 0.0980. The number of aromatic nitrogens is 1. The second kappa shape index (κ2) is 3.97. The van der Waals surface area contributed by atoms with E-state index >= 15 is 0 Å². The molecule has 2 aromatic rings. The largest absolute Gasteiger partial charge is 0.348 e. The zero-order valence-corrected chi connectivity index (χ0v) is 9.82. The van der Waals surface area contributed by atoms with E-state index in [9.17, 15) is 4.79 Å². The smallest absolute Gasteiger partial charge is 0.176 e. The van der Waals surface area contributed by atoms with Crippen molar-refractivity contribution in [3.63, 3.8) is 0 Å². The quantitative estimate of drug-likeness (QED) is 0.702. The van der Waals surface area contributed by atoms with Gasteiger partial charge in [0.05, 0.1) is 5.69 Å². The van der Waals surface area contributed by atoms with Crippen molar-refractivity contribution in [2.75, 3.05) is 0 Å². The number of carbonyl (C=O) groups is 1. The molecule has 1 aromatic heterocycles. The van der Waals surface area contributed by atoms with Gasteiger partial charge in [-0.1, -0.05) is 29.8 Å². The third-order valence-electron chi connectivity index (χ3n) is 2.75. The lowest BCUT2D eigenvalue weighted by Crippen LogP contribution is -1.99. The Bertz CT molecular complexity index is 520. The molecule has 0 saturated carbocycles. The van der Waals surface area contributed by atoms with Crippen LogP contribution in [0.5, 0.6) is 0 Å². The highest BCUT2D eigenvalue weighted by Crippen LogP contribution is 2.22. The lowest BCUT2D eigenvalue weighted by atomic mass is 10.1. The highest BCUT2D eigenvalue weighted by atomic mass is 16.1. The monoisotopic (exact) mass is 213 g/mol. The van der Waals surface area contributed by atoms with Crippen molar-refractivity contribution in [3.05, 3.63) is 47.8 Å². The van der Waals surface area contributed by atoms with Gasteiger partial charge < -0.3 is 4.57 Å². The number of hydrogen-bond acceptors (Lipinski definition) is 1. The fourth-order valence-electron chi connectivity index (χ4n) is 1.82. The number of nitrogens with zero attached hydrogens (tertiary/aromatic N) is 1. The highest BCUT2D eigenvalue weighted by Gasteiger charge is 2.08. The Kier molecular flexibility index (Phi) is 2.65. The number of Topliss-reactive ketones (excluding diaryl/α,β-unsaturated/α-hetero) is 1. The molecule has 0 atom stereocenters. The van der Waals surface area contributed by atoms with Crippen LogP contribution in [0.3, 0.4) is 0 Å². The van der Waals surface area contributed by atoms with Gasteiger partial charge in [-0.05, 0) is 18.6 Å². The van der Waals surface area contributed by atoms with Crippen LogP contribution in [-0.4, -0.2) is 10.4 Å². The second-order valence-corrected chi connectivity index (χ2v) is 4.15. The van der Waals surface area contributed by atoms with Crippen LogP contribution < -0.4 is 0 Å². The van der Waals surface area contributed by atoms with E-state index in [-0.39, 0.29) is 5.78 Å². The van der Waals surface area contributed by atoms with Gasteiger partial charge in [0.25, 0.3) is 0 Å². The van der Waals surface area contributed by atoms with Crippen LogP contribution in [0.2, 0.25) is 0 Å². The third-order valence-corrected chi connectivity index (χ3v) is 2.75. The van der Waals surface area contributed by atoms with Gasteiger partial charge in [0.1, 0.15) is 0 Å². The van der Waals surface area contributed by atoms with Gasteiger partial charge in [-0.2, -0.15) is 0 Å². The normalized spacial score (nSPS) is 10.4. The maximum absolute atomic E-state index is 11.3. The molecule has 0 amide bonds. The molecule has 0 N–H and O–H groups in total. The molecule has 0 fully saturated rings. The zero-order valence-electron chi connectivity index (χ0n) is 9.82. The summed E-state index contributed by atoms with van der Waals surface area (Å²) in [5, 5.41) is 0. The van der Waals surface area contributed by atoms with Gasteiger partial charge in [-0.3, -0.25) is 4.79 Å². The van der Waals surface area contributed by atoms with Gasteiger partial charge in [0, 0.05) is 25.7 Å². The van der Waals surface area contributed by atoms with Crippen LogP contribution >= 0.6 is 0 Å². The molecule has 2 rings (SSSR count). The first kappa shape index (κ1) is 10.7. The van der Waals surface area contributed by atoms with Gasteiger partial charge >= 0.3 is 0 Å². The maximum Gasteiger partial charge on any atom is 0.176 e. The molecule has 0 unspecified atom stereocenters. The molecule has 16 heavy (non-hydrogen) atoms. The summed E-state index contributed by atoms with van der Waals surface area (Å²) < 4.78 is 1.87. The Morgan fingerprint density at radius 2 is 1.75 bits per heavy atom. The highest BCUT2D eigenvalue weighted by molar-refractivity contribution is 5.94. The molecule has 0 saturated heterocycles. The van der Waals surface area contributed by atoms with Gasteiger partial charge in [0.2, 0.25) is 0 Å². The Morgan fingerprint density at radius 3 is 2.25 bits per heavy atom. The second-order valence-electron chi connectivity index (χ2n) is 4.15. The lowest BCUT2D eigenvalue weighted by molar-refractivity contribution is 0.101. The summed E-state index contributed by atoms with van der Waals surface area (Å²) in [5.74, 6) is 0.0980. The fourth-order valence-corrected chi connectivity index (χ4v) is 1.82. The number of hydrogen-bond donors (Lipinski definition) is 0. The van der Waals surface area contributed by atoms with Crippen molar-refractivity contribution < 1.29 is 4.79 Å². The van der Waals surface area contributed by atoms with E-state index in [2.05, 4.69) is 31.2 Å². The summed E-state index contributed by atoms with van der Waals surface area (Å²) in [6.07, 6.45) is 1.99. The van der Waals surface area contributed by atoms with E-state index in [1.54, 1.807) is 6.92 Å². The van der Waals surface area contributed by atoms with Crippen LogP contribution in [0.15, 0.2) is 36.5 Å². The molecule has 0 aliphatic rings. The molecule has 0 spiro atoms. The van der Waals surface area contributed by atoms with Gasteiger partial charge in [0.15, 0.2) is 5.78 Å². The summed E-state index contributed by atoms with van der Waals surface area (Å²) in [7, 11) is 1.90. The first-order valence-electron chi connectivity index (χ1n) is 5.32. The van der Waals surface area contributed by atoms with E-state index in [4.69, 9.17) is 0 Å². The van der Waals surface area contributed by atoms with Crippen LogP contribution in [0.4, 0.5) is 0 Å². The van der Waals surface area contributed by atoms with Crippen molar-refractivity contribution in [1.29, 1.82) is 0 Å². The number of benzene rings is 1. The molecule has 0 aliphatic carbocycles. The van der Waals surface area contributed by atoms with Crippen molar-refractivity contribution in [2.45, 2.75) is 13.8 Å². The average molecular weight is 213 g/mol. The number of aryl methyl sites for hydroxylation is 2. The number of ketones is 1. The Labute approximate surface area is 95.5 Å². The minimum absolute atomic E-state index is 0.0980. The minimum Gasteiger partial charge on any atom is -0.348 e. The third kappa shape index (κ3) is 1.91. The van der Waals surface area contributed by atoms with E-state index < -0.39 is 0 Å². The SMILES string of the molecule is CC(=O)c1cc(-c2ccc(C)cc2)cn1C. The predicted molar refractivity (Wildman–Crippen MR) is 65.6 cm³/mol. The standard InChI is InChI=1S/C14H15NO/c1-10-4-6-12(7-5-10)13-8-14(11(2)16)15(3)9-13/h4-9H,1-3H3. The van der Waals surface area contributed by atoms with Crippen LogP contribution in [0.25, 0.3) is 11.1 Å². The number of rotatable bonds is 2. The summed E-state index contributed by atoms with van der Waals surface area (Å²) >= 11 is 0. The summed E-state index contributed by atoms with van der Waals surface area (Å²) in [6, 6.07) is 10.3. The summed E-state index contributed by atoms with van der Waals surface area (Å²) in [6.45, 7) is 3.66. The molecular formula is C14H15NO. The molecule has 82 valence electrons. The van der Waals surface area contributed by atoms with Crippen molar-refractivity contribution in [1.82, 2.24) is 4.57 Å². The Balaban J connectivity index is 2.45. The van der Waals surface area contributed by atoms with Crippen LogP contribution in [0.1, 0.15) is 23.0 Å². The van der Waals surface area contributed by atoms with Crippen LogP contribution in [0, 0.1) is 6.92 Å². The average Bonchev–Trinajstić information content (AvgIpc) is 2.61. The van der Waals surface area contributed by atoms with Crippen LogP contribution in [-0.2, 0) is 7.05 Å². The Morgan fingerprint density at radius 1 is 1.12 bits per heavy atom. The molecule has 0 aliphatic heterocycles. The van der Waals surface area contributed by atoms with Crippen molar-refractivity contribution in [2.24, 2.45) is 7.05 Å². The maximum atomic E-state index is 11.3. The first-order valence-corrected chi connectivity index (χ1v) is 5.32. The van der Waals surface area contributed by atoms with Gasteiger partial charge in [-0.15, -0.1) is 0 Å². The molecule has 0 radical (unpaired) electrons. The molecule has 1 heterocycles. The zero-order chi connectivity index (χ0) is 11.7. The molecular weight excluding hydrogens is 198 g/mol. The molecule has 0 bridgehead atoms. The fraction of sp³-hybridized carbons (Fsp3) is 0.214. The first-order chi connectivity index (χ1) is 7.58. The summed E-state index contributed by atoms with van der Waals surface area (Å²) in [5.41, 5.74) is 4.23. The van der Waals surface area contributed by atoms with E-state index in [0.717, 1.165) is 16.8 Å². The molecule has 1 aromatic carbocycles. The molecule has 2 nitrogen and oxygen atoms in total. The summed E-state index contributed by atoms with van der Waals surface area (Å²) in [4.78, 5) is 11.3. The van der Waals surface area contributed by atoms with E-state index in [1.807, 2.05) is 23.9 Å². The van der Waals surface area contributed by atoms with E-state index in [1.165, 1.54) is 5.56 Å². The predicted octanol–water partition coefficient (Wildman–Crippen LogP) is 3.20. The van der Waals surface area contributed by atoms with E-state index in [0.29, 0.717) is 0 Å². The lowest BCUT2D eigenvalue weighted by Gasteiger charge is -1.97. The van der Waals surface area contributed by atoms with Crippen molar-refractivity contribution >= 4 is 5.78 Å². The Hall–Kier alpha value is -1.83. The van der Waals surface area contributed by atoms with Gasteiger partial charge in [-0.25, -0.2) is 0 Å².